The van der Waals surface area contributed by atoms with Crippen LogP contribution in [0, 0.1) is 0 Å². The zero-order valence-electron chi connectivity index (χ0n) is 22.3. The standard InChI is InChI=1S/C37H31NO2/c1-2-37(39)40-28-27-31-17-15-29(16-18-31)13-14-30-19-23-35(24-20-30)38(34-11-7-4-8-12-34)36-25-21-33(22-26-36)32-9-5-3-6-10-32/h2-26H,1,27-28H2. The van der Waals surface area contributed by atoms with E-state index in [1.807, 2.05) is 12.1 Å². The quantitative estimate of drug-likeness (QED) is 0.104. The van der Waals surface area contributed by atoms with Crippen LogP contribution < -0.4 is 4.90 Å². The number of ether oxygens (including phenoxy) is 1. The first-order valence-electron chi connectivity index (χ1n) is 13.4. The number of anilines is 3. The zero-order valence-corrected chi connectivity index (χ0v) is 22.3. The summed E-state index contributed by atoms with van der Waals surface area (Å²) < 4.78 is 5.06. The average molecular weight is 522 g/mol. The molecule has 0 atom stereocenters. The lowest BCUT2D eigenvalue weighted by molar-refractivity contribution is -0.137. The summed E-state index contributed by atoms with van der Waals surface area (Å²) in [4.78, 5) is 13.5. The molecule has 0 aromatic heterocycles. The molecule has 0 aliphatic carbocycles. The predicted molar refractivity (Wildman–Crippen MR) is 167 cm³/mol. The van der Waals surface area contributed by atoms with Crippen LogP contribution in [0.1, 0.15) is 16.7 Å². The van der Waals surface area contributed by atoms with Crippen LogP contribution in [0.3, 0.4) is 0 Å². The lowest BCUT2D eigenvalue weighted by atomic mass is 10.0. The molecule has 0 aliphatic heterocycles. The lowest BCUT2D eigenvalue weighted by Crippen LogP contribution is -2.09. The van der Waals surface area contributed by atoms with E-state index >= 15 is 0 Å². The van der Waals surface area contributed by atoms with Gasteiger partial charge in [-0.2, -0.15) is 0 Å². The Morgan fingerprint density at radius 2 is 1.07 bits per heavy atom. The van der Waals surface area contributed by atoms with E-state index in [-0.39, 0.29) is 0 Å². The maximum absolute atomic E-state index is 11.2. The molecule has 0 N–H and O–H groups in total. The summed E-state index contributed by atoms with van der Waals surface area (Å²) in [5.74, 6) is -0.390. The highest BCUT2D eigenvalue weighted by Gasteiger charge is 2.12. The van der Waals surface area contributed by atoms with Gasteiger partial charge in [-0.25, -0.2) is 4.79 Å². The summed E-state index contributed by atoms with van der Waals surface area (Å²) in [6.45, 7) is 3.76. The van der Waals surface area contributed by atoms with Gasteiger partial charge in [0.05, 0.1) is 6.61 Å². The maximum atomic E-state index is 11.2. The number of para-hydroxylation sites is 1. The van der Waals surface area contributed by atoms with Crippen molar-refractivity contribution >= 4 is 35.2 Å². The minimum Gasteiger partial charge on any atom is -0.462 e. The molecule has 0 bridgehead atoms. The van der Waals surface area contributed by atoms with Crippen LogP contribution >= 0.6 is 0 Å². The molecule has 5 rings (SSSR count). The van der Waals surface area contributed by atoms with Crippen molar-refractivity contribution in [1.29, 1.82) is 0 Å². The topological polar surface area (TPSA) is 29.5 Å². The van der Waals surface area contributed by atoms with Gasteiger partial charge in [0.25, 0.3) is 0 Å². The van der Waals surface area contributed by atoms with Gasteiger partial charge in [-0.1, -0.05) is 116 Å². The Hall–Kier alpha value is -5.15. The Balaban J connectivity index is 1.31. The number of esters is 1. The number of benzene rings is 5. The Labute approximate surface area is 236 Å². The third-order valence-electron chi connectivity index (χ3n) is 6.65. The van der Waals surface area contributed by atoms with Crippen molar-refractivity contribution in [3.63, 3.8) is 0 Å². The van der Waals surface area contributed by atoms with E-state index in [4.69, 9.17) is 4.74 Å². The molecular formula is C37H31NO2. The van der Waals surface area contributed by atoms with Crippen LogP contribution in [0.4, 0.5) is 17.1 Å². The van der Waals surface area contributed by atoms with Crippen molar-refractivity contribution in [2.24, 2.45) is 0 Å². The molecular weight excluding hydrogens is 490 g/mol. The molecule has 0 fully saturated rings. The van der Waals surface area contributed by atoms with Crippen LogP contribution in [-0.2, 0) is 16.0 Å². The Morgan fingerprint density at radius 3 is 1.65 bits per heavy atom. The van der Waals surface area contributed by atoms with E-state index in [2.05, 4.69) is 145 Å². The molecule has 3 nitrogen and oxygen atoms in total. The first-order valence-corrected chi connectivity index (χ1v) is 13.4. The first kappa shape index (κ1) is 26.5. The van der Waals surface area contributed by atoms with E-state index in [1.165, 1.54) is 17.2 Å². The van der Waals surface area contributed by atoms with Crippen LogP contribution in [0.5, 0.6) is 0 Å². The van der Waals surface area contributed by atoms with Crippen molar-refractivity contribution < 1.29 is 9.53 Å². The third kappa shape index (κ3) is 6.83. The molecule has 196 valence electrons. The van der Waals surface area contributed by atoms with Crippen LogP contribution in [0.15, 0.2) is 146 Å². The molecule has 0 aliphatic rings. The van der Waals surface area contributed by atoms with Gasteiger partial charge in [0, 0.05) is 29.6 Å². The van der Waals surface area contributed by atoms with Crippen LogP contribution in [-0.4, -0.2) is 12.6 Å². The smallest absolute Gasteiger partial charge is 0.330 e. The highest BCUT2D eigenvalue weighted by molar-refractivity contribution is 5.81. The number of hydrogen-bond donors (Lipinski definition) is 0. The second-order valence-electron chi connectivity index (χ2n) is 9.37. The minimum absolute atomic E-state index is 0.351. The molecule has 0 spiro atoms. The Morgan fingerprint density at radius 1 is 0.600 bits per heavy atom. The Kier molecular flexibility index (Phi) is 8.65. The highest BCUT2D eigenvalue weighted by atomic mass is 16.5. The van der Waals surface area contributed by atoms with Crippen molar-refractivity contribution in [2.45, 2.75) is 6.42 Å². The fourth-order valence-electron chi connectivity index (χ4n) is 4.51. The molecule has 0 radical (unpaired) electrons. The van der Waals surface area contributed by atoms with Crippen molar-refractivity contribution in [1.82, 2.24) is 0 Å². The molecule has 5 aromatic rings. The number of carbonyl (C=O) groups excluding carboxylic acids is 1. The summed E-state index contributed by atoms with van der Waals surface area (Å²) in [5.41, 5.74) is 9.07. The molecule has 5 aromatic carbocycles. The average Bonchev–Trinajstić information content (AvgIpc) is 3.02. The number of nitrogens with zero attached hydrogens (tertiary/aromatic N) is 1. The van der Waals surface area contributed by atoms with E-state index in [9.17, 15) is 4.79 Å². The summed E-state index contributed by atoms with van der Waals surface area (Å²) in [5, 5.41) is 0. The zero-order chi connectivity index (χ0) is 27.6. The maximum Gasteiger partial charge on any atom is 0.330 e. The van der Waals surface area contributed by atoms with Gasteiger partial charge >= 0.3 is 5.97 Å². The molecule has 40 heavy (non-hydrogen) atoms. The second kappa shape index (κ2) is 13.1. The number of rotatable bonds is 10. The molecule has 0 saturated heterocycles. The van der Waals surface area contributed by atoms with Crippen molar-refractivity contribution in [3.05, 3.63) is 163 Å². The fourth-order valence-corrected chi connectivity index (χ4v) is 4.51. The van der Waals surface area contributed by atoms with Crippen LogP contribution in [0.2, 0.25) is 0 Å². The largest absolute Gasteiger partial charge is 0.462 e. The van der Waals surface area contributed by atoms with Crippen molar-refractivity contribution in [2.75, 3.05) is 11.5 Å². The molecule has 0 unspecified atom stereocenters. The lowest BCUT2D eigenvalue weighted by Gasteiger charge is -2.25. The molecule has 3 heteroatoms. The Bertz CT molecular complexity index is 1550. The van der Waals surface area contributed by atoms with Gasteiger partial charge in [0.15, 0.2) is 0 Å². The third-order valence-corrected chi connectivity index (χ3v) is 6.65. The minimum atomic E-state index is -0.390. The number of hydrogen-bond acceptors (Lipinski definition) is 3. The van der Waals surface area contributed by atoms with Gasteiger partial charge in [0.2, 0.25) is 0 Å². The summed E-state index contributed by atoms with van der Waals surface area (Å²) in [6, 6.07) is 46.5. The van der Waals surface area contributed by atoms with Gasteiger partial charge in [0.1, 0.15) is 0 Å². The van der Waals surface area contributed by atoms with Gasteiger partial charge in [-0.15, -0.1) is 0 Å². The highest BCUT2D eigenvalue weighted by Crippen LogP contribution is 2.35. The fraction of sp³-hybridized carbons (Fsp3) is 0.0541. The molecule has 0 heterocycles. The first-order chi connectivity index (χ1) is 19.7. The van der Waals surface area contributed by atoms with E-state index < -0.39 is 5.97 Å². The van der Waals surface area contributed by atoms with Gasteiger partial charge in [-0.05, 0) is 64.2 Å². The monoisotopic (exact) mass is 521 g/mol. The van der Waals surface area contributed by atoms with Crippen molar-refractivity contribution in [3.8, 4) is 11.1 Å². The second-order valence-corrected chi connectivity index (χ2v) is 9.37. The summed E-state index contributed by atoms with van der Waals surface area (Å²) >= 11 is 0. The number of carbonyl (C=O) groups is 1. The molecule has 0 saturated carbocycles. The normalized spacial score (nSPS) is 10.8. The van der Waals surface area contributed by atoms with E-state index in [0.717, 1.165) is 33.8 Å². The van der Waals surface area contributed by atoms with Crippen LogP contribution in [0.25, 0.3) is 23.3 Å². The van der Waals surface area contributed by atoms with E-state index in [1.54, 1.807) is 0 Å². The predicted octanol–water partition coefficient (Wildman–Crippen LogP) is 9.27. The summed E-state index contributed by atoms with van der Waals surface area (Å²) in [6.07, 6.45) is 6.08. The molecule has 0 amide bonds. The SMILES string of the molecule is C=CC(=O)OCCc1ccc(C=Cc2ccc(N(c3ccccc3)c3ccc(-c4ccccc4)cc3)cc2)cc1. The van der Waals surface area contributed by atoms with Gasteiger partial charge in [-0.3, -0.25) is 0 Å². The van der Waals surface area contributed by atoms with Gasteiger partial charge < -0.3 is 9.64 Å². The summed E-state index contributed by atoms with van der Waals surface area (Å²) in [7, 11) is 0. The van der Waals surface area contributed by atoms with E-state index in [0.29, 0.717) is 13.0 Å².